The average Bonchev–Trinajstić information content (AvgIpc) is 3.49. The minimum absolute atomic E-state index is 0.267. The molecular formula is C22H25N5O3S. The summed E-state index contributed by atoms with van der Waals surface area (Å²) in [5.74, 6) is 2.17. The number of rotatable bonds is 9. The molecule has 1 aliphatic heterocycles. The van der Waals surface area contributed by atoms with E-state index in [1.165, 1.54) is 24.6 Å². The lowest BCUT2D eigenvalue weighted by Crippen LogP contribution is -2.22. The fourth-order valence-electron chi connectivity index (χ4n) is 3.33. The molecule has 0 bridgehead atoms. The van der Waals surface area contributed by atoms with Gasteiger partial charge in [-0.15, -0.1) is 0 Å². The van der Waals surface area contributed by atoms with Crippen molar-refractivity contribution < 1.29 is 13.9 Å². The second-order valence-electron chi connectivity index (χ2n) is 7.19. The molecule has 8 nitrogen and oxygen atoms in total. The Morgan fingerprint density at radius 2 is 2.06 bits per heavy atom. The molecule has 1 amide bonds. The molecule has 3 aromatic rings. The first-order valence-corrected chi connectivity index (χ1v) is 11.2. The quantitative estimate of drug-likeness (QED) is 0.400. The Hall–Kier alpha value is -2.91. The molecule has 0 spiro atoms. The third-order valence-corrected chi connectivity index (χ3v) is 5.72. The molecule has 1 aliphatic rings. The van der Waals surface area contributed by atoms with Crippen molar-refractivity contribution in [3.05, 3.63) is 65.5 Å². The highest BCUT2D eigenvalue weighted by atomic mass is 32.2. The Bertz CT molecular complexity index is 1010. The number of carbonyl (C=O) groups excluding carboxylic acids is 1. The number of nitrogens with zero attached hydrogens (tertiary/aromatic N) is 4. The van der Waals surface area contributed by atoms with Crippen molar-refractivity contribution in [1.82, 2.24) is 20.3 Å². The van der Waals surface area contributed by atoms with Gasteiger partial charge in [0.05, 0.1) is 30.3 Å². The zero-order valence-corrected chi connectivity index (χ0v) is 18.2. The smallest absolute Gasteiger partial charge is 0.287 e. The van der Waals surface area contributed by atoms with Crippen LogP contribution in [-0.2, 0) is 23.6 Å². The second kappa shape index (κ2) is 10.4. The zero-order chi connectivity index (χ0) is 21.5. The van der Waals surface area contributed by atoms with Crippen molar-refractivity contribution in [2.75, 3.05) is 25.1 Å². The van der Waals surface area contributed by atoms with Crippen molar-refractivity contribution >= 4 is 23.5 Å². The number of methoxy groups -OCH3 is 1. The van der Waals surface area contributed by atoms with Gasteiger partial charge in [-0.25, -0.2) is 9.97 Å². The molecule has 0 radical (unpaired) electrons. The number of pyridine rings is 1. The van der Waals surface area contributed by atoms with Crippen molar-refractivity contribution in [3.8, 4) is 0 Å². The lowest BCUT2D eigenvalue weighted by molar-refractivity contribution is 0.0921. The van der Waals surface area contributed by atoms with Crippen LogP contribution in [0, 0.1) is 0 Å². The normalized spacial score (nSPS) is 13.5. The number of thioether (sulfide) groups is 1. The van der Waals surface area contributed by atoms with Crippen molar-refractivity contribution in [1.29, 1.82) is 0 Å². The molecule has 1 N–H and O–H groups in total. The Balaban J connectivity index is 1.37. The predicted octanol–water partition coefficient (Wildman–Crippen LogP) is 3.43. The zero-order valence-electron chi connectivity index (χ0n) is 17.4. The fourth-order valence-corrected chi connectivity index (χ4v) is 4.09. The molecule has 0 aliphatic carbocycles. The fraction of sp³-hybridized carbons (Fsp3) is 0.364. The number of amides is 1. The third kappa shape index (κ3) is 5.83. The van der Waals surface area contributed by atoms with Crippen LogP contribution >= 0.6 is 11.8 Å². The topological polar surface area (TPSA) is 93.4 Å². The molecular weight excluding hydrogens is 414 g/mol. The van der Waals surface area contributed by atoms with Crippen LogP contribution in [0.15, 0.2) is 52.2 Å². The largest absolute Gasteiger partial charge is 0.455 e. The van der Waals surface area contributed by atoms with Gasteiger partial charge in [0.1, 0.15) is 11.6 Å². The molecule has 0 aromatic carbocycles. The van der Waals surface area contributed by atoms with Gasteiger partial charge in [0.25, 0.3) is 5.91 Å². The standard InChI is InChI=1S/C22H25N5O3S/c1-29-14-17-12-20(27-10-4-5-11-27)26-22(25-17)31-15-18-7-8-19(30-18)21(28)24-13-16-6-2-3-9-23-16/h2-3,6-9,12H,4-5,10-11,13-15H2,1H3,(H,24,28). The number of aromatic nitrogens is 3. The van der Waals surface area contributed by atoms with E-state index in [2.05, 4.69) is 20.2 Å². The van der Waals surface area contributed by atoms with Gasteiger partial charge in [0.15, 0.2) is 10.9 Å². The molecule has 162 valence electrons. The summed E-state index contributed by atoms with van der Waals surface area (Å²) in [4.78, 5) is 28.1. The molecule has 0 atom stereocenters. The SMILES string of the molecule is COCc1cc(N2CCCC2)nc(SCc2ccc(C(=O)NCc3ccccn3)o2)n1. The summed E-state index contributed by atoms with van der Waals surface area (Å²) in [6.45, 7) is 2.83. The lowest BCUT2D eigenvalue weighted by atomic mass is 10.3. The number of ether oxygens (including phenoxy) is 1. The number of hydrogen-bond acceptors (Lipinski definition) is 8. The molecule has 9 heteroatoms. The van der Waals surface area contributed by atoms with Crippen LogP contribution in [0.4, 0.5) is 5.82 Å². The summed E-state index contributed by atoms with van der Waals surface area (Å²) >= 11 is 1.48. The van der Waals surface area contributed by atoms with Gasteiger partial charge in [-0.05, 0) is 37.1 Å². The minimum Gasteiger partial charge on any atom is -0.455 e. The molecule has 1 saturated heterocycles. The van der Waals surface area contributed by atoms with Gasteiger partial charge in [-0.3, -0.25) is 9.78 Å². The van der Waals surface area contributed by atoms with Gasteiger partial charge in [-0.2, -0.15) is 0 Å². The van der Waals surface area contributed by atoms with Crippen LogP contribution in [0.2, 0.25) is 0 Å². The van der Waals surface area contributed by atoms with Crippen molar-refractivity contribution in [2.24, 2.45) is 0 Å². The van der Waals surface area contributed by atoms with E-state index >= 15 is 0 Å². The highest BCUT2D eigenvalue weighted by molar-refractivity contribution is 7.98. The van der Waals surface area contributed by atoms with Gasteiger partial charge in [0.2, 0.25) is 0 Å². The van der Waals surface area contributed by atoms with E-state index in [-0.39, 0.29) is 11.7 Å². The lowest BCUT2D eigenvalue weighted by Gasteiger charge is -2.17. The Kier molecular flexibility index (Phi) is 7.16. The van der Waals surface area contributed by atoms with Crippen molar-refractivity contribution in [3.63, 3.8) is 0 Å². The molecule has 0 unspecified atom stereocenters. The van der Waals surface area contributed by atoms with E-state index in [0.29, 0.717) is 29.8 Å². The maximum atomic E-state index is 12.3. The van der Waals surface area contributed by atoms with Gasteiger partial charge in [0, 0.05) is 32.5 Å². The minimum atomic E-state index is -0.267. The number of anilines is 1. The van der Waals surface area contributed by atoms with E-state index in [4.69, 9.17) is 14.1 Å². The summed E-state index contributed by atoms with van der Waals surface area (Å²) < 4.78 is 11.0. The average molecular weight is 440 g/mol. The molecule has 0 saturated carbocycles. The number of carbonyl (C=O) groups is 1. The van der Waals surface area contributed by atoms with E-state index in [9.17, 15) is 4.79 Å². The summed E-state index contributed by atoms with van der Waals surface area (Å²) in [5.41, 5.74) is 1.65. The van der Waals surface area contributed by atoms with E-state index in [1.54, 1.807) is 19.4 Å². The molecule has 1 fully saturated rings. The molecule has 4 heterocycles. The Labute approximate surface area is 185 Å². The Morgan fingerprint density at radius 1 is 1.19 bits per heavy atom. The van der Waals surface area contributed by atoms with Crippen LogP contribution in [0.25, 0.3) is 0 Å². The molecule has 3 aromatic heterocycles. The highest BCUT2D eigenvalue weighted by Crippen LogP contribution is 2.25. The van der Waals surface area contributed by atoms with Crippen LogP contribution in [0.5, 0.6) is 0 Å². The second-order valence-corrected chi connectivity index (χ2v) is 8.13. The highest BCUT2D eigenvalue weighted by Gasteiger charge is 2.17. The van der Waals surface area contributed by atoms with E-state index < -0.39 is 0 Å². The first kappa shape index (κ1) is 21.3. The van der Waals surface area contributed by atoms with Crippen LogP contribution in [-0.4, -0.2) is 41.1 Å². The first-order chi connectivity index (χ1) is 15.2. The maximum Gasteiger partial charge on any atom is 0.287 e. The number of nitrogens with one attached hydrogen (secondary N) is 1. The van der Waals surface area contributed by atoms with Crippen LogP contribution in [0.1, 0.15) is 40.5 Å². The van der Waals surface area contributed by atoms with Gasteiger partial charge < -0.3 is 19.4 Å². The summed E-state index contributed by atoms with van der Waals surface area (Å²) in [7, 11) is 1.66. The summed E-state index contributed by atoms with van der Waals surface area (Å²) in [6.07, 6.45) is 4.07. The summed E-state index contributed by atoms with van der Waals surface area (Å²) in [5, 5.41) is 3.49. The third-order valence-electron chi connectivity index (χ3n) is 4.85. The van der Waals surface area contributed by atoms with Gasteiger partial charge >= 0.3 is 0 Å². The monoisotopic (exact) mass is 439 g/mol. The number of hydrogen-bond donors (Lipinski definition) is 1. The van der Waals surface area contributed by atoms with Crippen LogP contribution < -0.4 is 10.2 Å². The van der Waals surface area contributed by atoms with Crippen LogP contribution in [0.3, 0.4) is 0 Å². The van der Waals surface area contributed by atoms with Gasteiger partial charge in [-0.1, -0.05) is 17.8 Å². The first-order valence-electron chi connectivity index (χ1n) is 10.2. The molecule has 4 rings (SSSR count). The van der Waals surface area contributed by atoms with E-state index in [0.717, 1.165) is 30.3 Å². The van der Waals surface area contributed by atoms with E-state index in [1.807, 2.05) is 30.3 Å². The predicted molar refractivity (Wildman–Crippen MR) is 118 cm³/mol. The Morgan fingerprint density at radius 3 is 2.84 bits per heavy atom. The molecule has 31 heavy (non-hydrogen) atoms. The van der Waals surface area contributed by atoms with Crippen molar-refractivity contribution in [2.45, 2.75) is 36.9 Å². The maximum absolute atomic E-state index is 12.3. The number of furan rings is 1. The summed E-state index contributed by atoms with van der Waals surface area (Å²) in [6, 6.07) is 11.1.